The topological polar surface area (TPSA) is 57.7 Å². The number of ketones is 3. The minimum Gasteiger partial charge on any atom is -0.309 e. The van der Waals surface area contributed by atoms with Crippen LogP contribution in [0.15, 0.2) is 200 Å². The van der Waals surface area contributed by atoms with E-state index in [1.54, 1.807) is 0 Å². The number of allylic oxidation sites excluding steroid dienone is 3. The van der Waals surface area contributed by atoms with Gasteiger partial charge in [-0.1, -0.05) is 197 Å². The zero-order valence-corrected chi connectivity index (χ0v) is 49.8. The van der Waals surface area contributed by atoms with Gasteiger partial charge in [0.1, 0.15) is 0 Å². The van der Waals surface area contributed by atoms with Crippen LogP contribution in [0.2, 0.25) is 0 Å². The van der Waals surface area contributed by atoms with Crippen molar-refractivity contribution >= 4 is 90.7 Å². The van der Waals surface area contributed by atoms with Crippen molar-refractivity contribution in [3.63, 3.8) is 0 Å². The molecule has 5 heteroatoms. The number of carbonyl (C=O) groups is 3. The minimum absolute atomic E-state index is 0.0591. The molecule has 0 unspecified atom stereocenters. The van der Waals surface area contributed by atoms with E-state index in [1.807, 2.05) is 60.7 Å². The largest absolute Gasteiger partial charge is 0.309 e. The van der Waals surface area contributed by atoms with E-state index in [-0.39, 0.29) is 50.0 Å². The normalized spacial score (nSPS) is 18.5. The quantitative estimate of drug-likeness (QED) is 0.128. The second kappa shape index (κ2) is 16.9. The van der Waals surface area contributed by atoms with E-state index in [1.165, 1.54) is 89.8 Å². The molecule has 10 aromatic rings. The van der Waals surface area contributed by atoms with Crippen LogP contribution in [0.4, 0.5) is 34.1 Å². The van der Waals surface area contributed by atoms with Crippen LogP contribution in [0.25, 0.3) is 39.3 Å². The highest BCUT2D eigenvalue weighted by Crippen LogP contribution is 2.67. The Morgan fingerprint density at radius 1 is 0.306 bits per heavy atom. The first kappa shape index (κ1) is 51.2. The Morgan fingerprint density at radius 3 is 1.00 bits per heavy atom. The third-order valence-electron chi connectivity index (χ3n) is 20.8. The van der Waals surface area contributed by atoms with Gasteiger partial charge in [0, 0.05) is 49.3 Å². The van der Waals surface area contributed by atoms with E-state index in [2.05, 4.69) is 219 Å². The molecule has 85 heavy (non-hydrogen) atoms. The number of hydrogen-bond acceptors (Lipinski definition) is 5. The Kier molecular flexibility index (Phi) is 10.2. The van der Waals surface area contributed by atoms with Gasteiger partial charge in [-0.3, -0.25) is 14.4 Å². The highest BCUT2D eigenvalue weighted by Gasteiger charge is 2.52. The molecule has 0 atom stereocenters. The maximum atomic E-state index is 13.9. The first-order chi connectivity index (χ1) is 40.6. The molecule has 7 aliphatic rings. The number of anilines is 6. The molecule has 0 fully saturated rings. The van der Waals surface area contributed by atoms with Gasteiger partial charge in [-0.2, -0.15) is 0 Å². The first-order valence-electron chi connectivity index (χ1n) is 29.9. The van der Waals surface area contributed by atoms with E-state index in [9.17, 15) is 14.4 Å². The van der Waals surface area contributed by atoms with Crippen molar-refractivity contribution in [1.82, 2.24) is 0 Å². The highest BCUT2D eigenvalue weighted by atomic mass is 16.2. The summed E-state index contributed by atoms with van der Waals surface area (Å²) in [4.78, 5) is 46.2. The predicted molar refractivity (Wildman–Crippen MR) is 349 cm³/mol. The van der Waals surface area contributed by atoms with Gasteiger partial charge in [0.05, 0.1) is 39.7 Å². The van der Waals surface area contributed by atoms with Crippen molar-refractivity contribution in [2.24, 2.45) is 0 Å². The van der Waals surface area contributed by atoms with Crippen LogP contribution in [0.3, 0.4) is 0 Å². The molecule has 5 nitrogen and oxygen atoms in total. The van der Waals surface area contributed by atoms with Crippen molar-refractivity contribution in [3.05, 3.63) is 289 Å². The van der Waals surface area contributed by atoms with E-state index >= 15 is 0 Å². The second-order valence-electron chi connectivity index (χ2n) is 27.2. The molecule has 0 N–H and O–H groups in total. The molecule has 0 amide bonds. The average Bonchev–Trinajstić information content (AvgIpc) is 2.41. The lowest BCUT2D eigenvalue weighted by molar-refractivity contribution is 0.0988. The van der Waals surface area contributed by atoms with Crippen molar-refractivity contribution in [2.75, 3.05) is 9.80 Å². The van der Waals surface area contributed by atoms with Gasteiger partial charge >= 0.3 is 0 Å². The maximum absolute atomic E-state index is 13.9. The second-order valence-corrected chi connectivity index (χ2v) is 27.2. The molecule has 0 spiro atoms. The zero-order chi connectivity index (χ0) is 58.8. The fourth-order valence-electron chi connectivity index (χ4n) is 16.0. The van der Waals surface area contributed by atoms with Gasteiger partial charge in [-0.25, -0.2) is 0 Å². The molecular weight excluding hydrogens is 1040 g/mol. The predicted octanol–water partition coefficient (Wildman–Crippen LogP) is 19.6. The minimum atomic E-state index is -0.279. The van der Waals surface area contributed by atoms with Gasteiger partial charge in [0.2, 0.25) is 0 Å². The maximum Gasteiger partial charge on any atom is 0.197 e. The Hall–Kier alpha value is -9.45. The van der Waals surface area contributed by atoms with E-state index in [0.29, 0.717) is 16.7 Å². The summed E-state index contributed by atoms with van der Waals surface area (Å²) in [5.41, 5.74) is 25.8. The third kappa shape index (κ3) is 6.67. The molecule has 5 heterocycles. The summed E-state index contributed by atoms with van der Waals surface area (Å²) < 4.78 is 0. The molecule has 2 aliphatic carbocycles. The summed E-state index contributed by atoms with van der Waals surface area (Å²) in [5.74, 6) is -0.334. The standard InChI is InChI=1S/C42H35NO.C38H29NO2/c1-23-27-21-25-12-8-9-13-26(25)22-29(27)39(44)28(23)18-24-19-34-38-35(20-24)42(6,7)33-17-11-15-31-37(33)43(38)36-30(40(31,2)3)14-10-16-32(36)41(34,4)5;1-37(2)28-13-7-9-15-32(28)39-33-16-10-8-14-29(33)38(3,4)31-19-22(18-30(37)34(31)39)17-27-35(40)25-20-23-11-5-6-12-24(23)21-26(25)36(27)41/h8-22H,1H2,2-7H3;5-21H,1-4H3/b28-18-;. The molecule has 10 aromatic carbocycles. The lowest BCUT2D eigenvalue weighted by atomic mass is 9.60. The van der Waals surface area contributed by atoms with Crippen LogP contribution in [0.1, 0.15) is 173 Å². The molecular formula is C80H64N2O3. The van der Waals surface area contributed by atoms with Gasteiger partial charge < -0.3 is 9.80 Å². The van der Waals surface area contributed by atoms with Crippen molar-refractivity contribution in [1.29, 1.82) is 0 Å². The van der Waals surface area contributed by atoms with E-state index in [4.69, 9.17) is 0 Å². The fourth-order valence-corrected chi connectivity index (χ4v) is 16.0. The van der Waals surface area contributed by atoms with Crippen molar-refractivity contribution in [2.45, 2.75) is 96.3 Å². The molecule has 17 rings (SSSR count). The Labute approximate surface area is 497 Å². The summed E-state index contributed by atoms with van der Waals surface area (Å²) in [6, 6.07) is 64.1. The molecule has 0 aromatic heterocycles. The zero-order valence-electron chi connectivity index (χ0n) is 49.8. The Bertz CT molecular complexity index is 4610. The van der Waals surface area contributed by atoms with Gasteiger partial charge in [-0.05, 0) is 172 Å². The summed E-state index contributed by atoms with van der Waals surface area (Å²) >= 11 is 0. The highest BCUT2D eigenvalue weighted by molar-refractivity contribution is 6.42. The molecule has 0 radical (unpaired) electrons. The summed E-state index contributed by atoms with van der Waals surface area (Å²) in [5, 5.41) is 4.14. The number of nitrogens with zero attached hydrogens (tertiary/aromatic N) is 2. The third-order valence-corrected chi connectivity index (χ3v) is 20.8. The molecule has 0 bridgehead atoms. The summed E-state index contributed by atoms with van der Waals surface area (Å²) in [6.07, 6.45) is 3.92. The lowest BCUT2D eigenvalue weighted by Crippen LogP contribution is -2.43. The average molecular weight is 1100 g/mol. The van der Waals surface area contributed by atoms with Crippen LogP contribution < -0.4 is 9.80 Å². The Morgan fingerprint density at radius 2 is 0.588 bits per heavy atom. The number of hydrogen-bond donors (Lipinski definition) is 0. The molecule has 5 aliphatic heterocycles. The molecule has 412 valence electrons. The number of para-hydroxylation sites is 4. The smallest absolute Gasteiger partial charge is 0.197 e. The van der Waals surface area contributed by atoms with E-state index in [0.717, 1.165) is 49.4 Å². The number of Topliss-reactive ketones (excluding diaryl/α,β-unsaturated/α-hetero) is 3. The van der Waals surface area contributed by atoms with Crippen LogP contribution in [-0.2, 0) is 27.1 Å². The van der Waals surface area contributed by atoms with Crippen LogP contribution in [0.5, 0.6) is 0 Å². The van der Waals surface area contributed by atoms with Gasteiger partial charge in [0.25, 0.3) is 0 Å². The number of benzene rings is 10. The van der Waals surface area contributed by atoms with Crippen LogP contribution >= 0.6 is 0 Å². The Balaban J connectivity index is 0.000000139. The lowest BCUT2D eigenvalue weighted by Gasteiger charge is -2.55. The van der Waals surface area contributed by atoms with Crippen LogP contribution in [-0.4, -0.2) is 17.3 Å². The number of carbonyl (C=O) groups excluding carboxylic acids is 3. The fraction of sp³-hybridized carbons (Fsp3) is 0.188. The van der Waals surface area contributed by atoms with Gasteiger partial charge in [-0.15, -0.1) is 0 Å². The van der Waals surface area contributed by atoms with Crippen LogP contribution in [0, 0.1) is 0 Å². The summed E-state index contributed by atoms with van der Waals surface area (Å²) in [7, 11) is 0. The van der Waals surface area contributed by atoms with E-state index < -0.39 is 0 Å². The van der Waals surface area contributed by atoms with Crippen molar-refractivity contribution in [3.8, 4) is 0 Å². The van der Waals surface area contributed by atoms with Gasteiger partial charge in [0.15, 0.2) is 17.3 Å². The summed E-state index contributed by atoms with van der Waals surface area (Å²) in [6.45, 7) is 27.7. The molecule has 0 saturated heterocycles. The van der Waals surface area contributed by atoms with Crippen molar-refractivity contribution < 1.29 is 14.4 Å². The monoisotopic (exact) mass is 1100 g/mol. The SMILES string of the molecule is C=C1/C(=C/c2cc3c4c(c2)C(C)(C)c2cccc5c2N4c2c(cccc2C3(C)C)C5(C)C)C(=O)c2cc3ccccc3cc21.CC1(C)c2ccccc2N2c3ccccc3C(C)(C)c3cc(C=C4C(=O)c5cc6ccccc6cc5C4=O)cc1c32. The number of fused-ring (bicyclic) bond motifs is 8. The first-order valence-corrected chi connectivity index (χ1v) is 29.9. The molecule has 0 saturated carbocycles. The number of rotatable bonds is 2.